The molecule has 0 aliphatic heterocycles. The zero-order chi connectivity index (χ0) is 12.1. The summed E-state index contributed by atoms with van der Waals surface area (Å²) < 4.78 is 1.78. The molecule has 0 aliphatic rings. The van der Waals surface area contributed by atoms with Crippen molar-refractivity contribution >= 4 is 0 Å². The molecule has 0 aliphatic carbocycles. The fourth-order valence-electron chi connectivity index (χ4n) is 1.79. The van der Waals surface area contributed by atoms with Gasteiger partial charge in [0.1, 0.15) is 5.69 Å². The molecule has 2 rings (SSSR count). The lowest BCUT2D eigenvalue weighted by Crippen LogP contribution is -2.03. The molecule has 90 valence electrons. The van der Waals surface area contributed by atoms with Crippen molar-refractivity contribution in [1.29, 1.82) is 0 Å². The lowest BCUT2D eigenvalue weighted by molar-refractivity contribution is 0.276. The molecule has 0 saturated carbocycles. The molecule has 4 heteroatoms. The van der Waals surface area contributed by atoms with Crippen LogP contribution in [0.15, 0.2) is 36.5 Å². The Morgan fingerprint density at radius 2 is 2.06 bits per heavy atom. The molecule has 17 heavy (non-hydrogen) atoms. The Hall–Kier alpha value is -1.68. The number of benzene rings is 1. The van der Waals surface area contributed by atoms with Gasteiger partial charge in [0.15, 0.2) is 0 Å². The van der Waals surface area contributed by atoms with Crippen molar-refractivity contribution in [3.05, 3.63) is 47.8 Å². The first kappa shape index (κ1) is 11.8. The summed E-state index contributed by atoms with van der Waals surface area (Å²) in [4.78, 5) is 0. The third-order valence-corrected chi connectivity index (χ3v) is 2.91. The summed E-state index contributed by atoms with van der Waals surface area (Å²) in [5, 5.41) is 16.7. The minimum absolute atomic E-state index is 0.0474. The zero-order valence-corrected chi connectivity index (χ0v) is 9.95. The van der Waals surface area contributed by atoms with E-state index in [4.69, 9.17) is 5.11 Å². The summed E-state index contributed by atoms with van der Waals surface area (Å²) in [7, 11) is 0. The summed E-state index contributed by atoms with van der Waals surface area (Å²) in [5.41, 5.74) is 1.97. The van der Waals surface area contributed by atoms with Gasteiger partial charge in [0, 0.05) is 6.54 Å². The molecule has 2 aromatic rings. The Kier molecular flexibility index (Phi) is 3.88. The smallest absolute Gasteiger partial charge is 0.108 e. The summed E-state index contributed by atoms with van der Waals surface area (Å²) in [6.07, 6.45) is 2.80. The van der Waals surface area contributed by atoms with Crippen molar-refractivity contribution < 1.29 is 5.11 Å². The van der Waals surface area contributed by atoms with Crippen molar-refractivity contribution in [2.24, 2.45) is 0 Å². The SMILES string of the molecule is C[C@H](CCn1cc(CO)nn1)c1ccccc1. The minimum atomic E-state index is -0.0474. The molecule has 0 spiro atoms. The first-order valence-corrected chi connectivity index (χ1v) is 5.84. The van der Waals surface area contributed by atoms with Gasteiger partial charge in [-0.25, -0.2) is 0 Å². The summed E-state index contributed by atoms with van der Waals surface area (Å²) in [6.45, 7) is 2.98. The molecular formula is C13H17N3O. The van der Waals surface area contributed by atoms with Crippen molar-refractivity contribution in [3.63, 3.8) is 0 Å². The normalized spacial score (nSPS) is 12.6. The second kappa shape index (κ2) is 5.59. The van der Waals surface area contributed by atoms with E-state index >= 15 is 0 Å². The van der Waals surface area contributed by atoms with Crippen LogP contribution in [-0.4, -0.2) is 20.1 Å². The first-order chi connectivity index (χ1) is 8.29. The third-order valence-electron chi connectivity index (χ3n) is 2.91. The number of aliphatic hydroxyl groups is 1. The lowest BCUT2D eigenvalue weighted by Gasteiger charge is -2.11. The van der Waals surface area contributed by atoms with Gasteiger partial charge < -0.3 is 5.11 Å². The number of hydrogen-bond acceptors (Lipinski definition) is 3. The third kappa shape index (κ3) is 3.14. The Labute approximate surface area is 101 Å². The molecule has 1 atom stereocenters. The largest absolute Gasteiger partial charge is 0.390 e. The number of hydrogen-bond donors (Lipinski definition) is 1. The van der Waals surface area contributed by atoms with Crippen LogP contribution in [0, 0.1) is 0 Å². The average molecular weight is 231 g/mol. The number of nitrogens with zero attached hydrogens (tertiary/aromatic N) is 3. The molecule has 1 aromatic heterocycles. The van der Waals surface area contributed by atoms with Crippen LogP contribution in [0.5, 0.6) is 0 Å². The van der Waals surface area contributed by atoms with Crippen LogP contribution in [0.2, 0.25) is 0 Å². The number of rotatable bonds is 5. The second-order valence-corrected chi connectivity index (χ2v) is 4.23. The molecule has 4 nitrogen and oxygen atoms in total. The fraction of sp³-hybridized carbons (Fsp3) is 0.385. The van der Waals surface area contributed by atoms with Gasteiger partial charge in [0.25, 0.3) is 0 Å². The molecule has 0 fully saturated rings. The van der Waals surface area contributed by atoms with Gasteiger partial charge in [0.05, 0.1) is 12.8 Å². The van der Waals surface area contributed by atoms with E-state index in [1.807, 2.05) is 6.07 Å². The van der Waals surface area contributed by atoms with Gasteiger partial charge in [-0.3, -0.25) is 4.68 Å². The Morgan fingerprint density at radius 1 is 1.29 bits per heavy atom. The van der Waals surface area contributed by atoms with E-state index in [-0.39, 0.29) is 6.61 Å². The van der Waals surface area contributed by atoms with Crippen LogP contribution in [0.3, 0.4) is 0 Å². The highest BCUT2D eigenvalue weighted by molar-refractivity contribution is 5.18. The average Bonchev–Trinajstić information content (AvgIpc) is 2.85. The summed E-state index contributed by atoms with van der Waals surface area (Å²) in [6, 6.07) is 10.4. The van der Waals surface area contributed by atoms with Crippen LogP contribution in [0.4, 0.5) is 0 Å². The predicted molar refractivity (Wildman–Crippen MR) is 65.4 cm³/mol. The first-order valence-electron chi connectivity index (χ1n) is 5.84. The lowest BCUT2D eigenvalue weighted by atomic mass is 9.98. The topological polar surface area (TPSA) is 50.9 Å². The van der Waals surface area contributed by atoms with Crippen molar-refractivity contribution in [3.8, 4) is 0 Å². The molecule has 0 amide bonds. The van der Waals surface area contributed by atoms with Crippen LogP contribution < -0.4 is 0 Å². The van der Waals surface area contributed by atoms with Gasteiger partial charge in [-0.15, -0.1) is 5.10 Å². The maximum atomic E-state index is 8.89. The van der Waals surface area contributed by atoms with E-state index in [1.165, 1.54) is 5.56 Å². The van der Waals surface area contributed by atoms with E-state index in [0.29, 0.717) is 11.6 Å². The Bertz CT molecular complexity index is 453. The molecule has 1 N–H and O–H groups in total. The standard InChI is InChI=1S/C13H17N3O/c1-11(12-5-3-2-4-6-12)7-8-16-9-13(10-17)14-15-16/h2-6,9,11,17H,7-8,10H2,1H3/t11-/m1/s1. The molecule has 1 aromatic carbocycles. The van der Waals surface area contributed by atoms with Gasteiger partial charge in [-0.1, -0.05) is 42.5 Å². The van der Waals surface area contributed by atoms with Gasteiger partial charge in [0.2, 0.25) is 0 Å². The quantitative estimate of drug-likeness (QED) is 0.855. The van der Waals surface area contributed by atoms with Crippen molar-refractivity contribution in [1.82, 2.24) is 15.0 Å². The molecular weight excluding hydrogens is 214 g/mol. The van der Waals surface area contributed by atoms with E-state index in [1.54, 1.807) is 10.9 Å². The molecule has 0 radical (unpaired) electrons. The molecule has 0 bridgehead atoms. The van der Waals surface area contributed by atoms with Gasteiger partial charge >= 0.3 is 0 Å². The van der Waals surface area contributed by atoms with E-state index < -0.39 is 0 Å². The molecule has 1 heterocycles. The zero-order valence-electron chi connectivity index (χ0n) is 9.95. The summed E-state index contributed by atoms with van der Waals surface area (Å²) >= 11 is 0. The number of aryl methyl sites for hydroxylation is 1. The van der Waals surface area contributed by atoms with E-state index in [2.05, 4.69) is 41.5 Å². The van der Waals surface area contributed by atoms with E-state index in [9.17, 15) is 0 Å². The Balaban J connectivity index is 1.90. The van der Waals surface area contributed by atoms with Crippen molar-refractivity contribution in [2.75, 3.05) is 0 Å². The maximum absolute atomic E-state index is 8.89. The summed E-state index contributed by atoms with van der Waals surface area (Å²) in [5.74, 6) is 0.498. The van der Waals surface area contributed by atoms with Gasteiger partial charge in [-0.2, -0.15) is 0 Å². The highest BCUT2D eigenvalue weighted by Crippen LogP contribution is 2.18. The van der Waals surface area contributed by atoms with Gasteiger partial charge in [-0.05, 0) is 17.9 Å². The van der Waals surface area contributed by atoms with Crippen molar-refractivity contribution in [2.45, 2.75) is 32.4 Å². The molecule has 0 unspecified atom stereocenters. The van der Waals surface area contributed by atoms with Crippen LogP contribution in [-0.2, 0) is 13.2 Å². The van der Waals surface area contributed by atoms with E-state index in [0.717, 1.165) is 13.0 Å². The highest BCUT2D eigenvalue weighted by atomic mass is 16.3. The highest BCUT2D eigenvalue weighted by Gasteiger charge is 2.06. The second-order valence-electron chi connectivity index (χ2n) is 4.23. The Morgan fingerprint density at radius 3 is 2.71 bits per heavy atom. The maximum Gasteiger partial charge on any atom is 0.108 e. The molecule has 0 saturated heterocycles. The van der Waals surface area contributed by atoms with Crippen LogP contribution in [0.25, 0.3) is 0 Å². The fourth-order valence-corrected chi connectivity index (χ4v) is 1.79. The van der Waals surface area contributed by atoms with Crippen LogP contribution in [0.1, 0.15) is 30.5 Å². The monoisotopic (exact) mass is 231 g/mol. The minimum Gasteiger partial charge on any atom is -0.390 e. The van der Waals surface area contributed by atoms with Crippen LogP contribution >= 0.6 is 0 Å². The predicted octanol–water partition coefficient (Wildman–Crippen LogP) is 1.96. The number of aliphatic hydroxyl groups excluding tert-OH is 1. The number of aromatic nitrogens is 3.